The van der Waals surface area contributed by atoms with Crippen LogP contribution in [-0.4, -0.2) is 23.6 Å². The summed E-state index contributed by atoms with van der Waals surface area (Å²) >= 11 is 0. The van der Waals surface area contributed by atoms with E-state index in [0.717, 1.165) is 35.7 Å². The maximum atomic E-state index is 5.22. The van der Waals surface area contributed by atoms with Gasteiger partial charge in [0, 0.05) is 25.6 Å². The first-order chi connectivity index (χ1) is 9.30. The Kier molecular flexibility index (Phi) is 3.69. The molecule has 3 atom stereocenters. The van der Waals surface area contributed by atoms with Gasteiger partial charge in [-0.1, -0.05) is 6.42 Å². The Morgan fingerprint density at radius 3 is 2.84 bits per heavy atom. The van der Waals surface area contributed by atoms with E-state index in [9.17, 15) is 0 Å². The molecule has 2 saturated carbocycles. The molecular formula is C15H23N3O. The fraction of sp³-hybridized carbons (Fsp3) is 0.733. The molecule has 0 saturated heterocycles. The van der Waals surface area contributed by atoms with Gasteiger partial charge < -0.3 is 10.1 Å². The number of nitrogens with zero attached hydrogens (tertiary/aromatic N) is 2. The first-order valence-electron chi connectivity index (χ1n) is 7.40. The van der Waals surface area contributed by atoms with Crippen molar-refractivity contribution in [2.75, 3.05) is 19.0 Å². The molecule has 104 valence electrons. The summed E-state index contributed by atoms with van der Waals surface area (Å²) in [5.74, 6) is 4.30. The summed E-state index contributed by atoms with van der Waals surface area (Å²) in [6.07, 6.45) is 5.45. The summed E-state index contributed by atoms with van der Waals surface area (Å²) in [6.45, 7) is 3.55. The SMILES string of the molecule is CCNc1cc(COC)nc(C2CC3CCC2C3)n1. The Bertz CT molecular complexity index is 425. The lowest BCUT2D eigenvalue weighted by molar-refractivity contribution is 0.181. The van der Waals surface area contributed by atoms with Gasteiger partial charge in [-0.25, -0.2) is 9.97 Å². The second-order valence-electron chi connectivity index (χ2n) is 5.85. The van der Waals surface area contributed by atoms with E-state index >= 15 is 0 Å². The van der Waals surface area contributed by atoms with Crippen molar-refractivity contribution >= 4 is 5.82 Å². The van der Waals surface area contributed by atoms with Crippen molar-refractivity contribution in [3.05, 3.63) is 17.6 Å². The van der Waals surface area contributed by atoms with E-state index in [1.54, 1.807) is 7.11 Å². The van der Waals surface area contributed by atoms with Gasteiger partial charge in [0.15, 0.2) is 0 Å². The highest BCUT2D eigenvalue weighted by Gasteiger charge is 2.41. The third kappa shape index (κ3) is 2.59. The maximum absolute atomic E-state index is 5.22. The summed E-state index contributed by atoms with van der Waals surface area (Å²) in [5, 5.41) is 3.31. The van der Waals surface area contributed by atoms with E-state index in [0.29, 0.717) is 12.5 Å². The minimum Gasteiger partial charge on any atom is -0.378 e. The van der Waals surface area contributed by atoms with Gasteiger partial charge in [0.25, 0.3) is 0 Å². The number of nitrogens with one attached hydrogen (secondary N) is 1. The standard InChI is InChI=1S/C15H23N3O/c1-3-16-14-8-12(9-19-2)17-15(18-14)13-7-10-4-5-11(13)6-10/h8,10-11,13H,3-7,9H2,1-2H3,(H,16,17,18). The van der Waals surface area contributed by atoms with Crippen molar-refractivity contribution in [1.29, 1.82) is 0 Å². The number of hydrogen-bond donors (Lipinski definition) is 1. The van der Waals surface area contributed by atoms with Gasteiger partial charge in [0.05, 0.1) is 12.3 Å². The van der Waals surface area contributed by atoms with E-state index in [1.807, 2.05) is 6.07 Å². The van der Waals surface area contributed by atoms with Gasteiger partial charge >= 0.3 is 0 Å². The van der Waals surface area contributed by atoms with Crippen LogP contribution in [0.1, 0.15) is 50.0 Å². The average molecular weight is 261 g/mol. The minimum atomic E-state index is 0.564. The summed E-state index contributed by atoms with van der Waals surface area (Å²) in [6, 6.07) is 2.00. The molecular weight excluding hydrogens is 238 g/mol. The Morgan fingerprint density at radius 2 is 2.21 bits per heavy atom. The van der Waals surface area contributed by atoms with Crippen molar-refractivity contribution in [3.8, 4) is 0 Å². The minimum absolute atomic E-state index is 0.564. The molecule has 0 aromatic carbocycles. The summed E-state index contributed by atoms with van der Waals surface area (Å²) in [5.41, 5.74) is 0.992. The third-order valence-electron chi connectivity index (χ3n) is 4.52. The van der Waals surface area contributed by atoms with E-state index in [-0.39, 0.29) is 0 Å². The van der Waals surface area contributed by atoms with Crippen LogP contribution in [0.15, 0.2) is 6.07 Å². The zero-order valence-corrected chi connectivity index (χ0v) is 11.9. The van der Waals surface area contributed by atoms with E-state index in [2.05, 4.69) is 12.2 Å². The second-order valence-corrected chi connectivity index (χ2v) is 5.85. The predicted molar refractivity (Wildman–Crippen MR) is 75.1 cm³/mol. The lowest BCUT2D eigenvalue weighted by Crippen LogP contribution is -2.15. The molecule has 4 heteroatoms. The first kappa shape index (κ1) is 12.9. The largest absolute Gasteiger partial charge is 0.378 e. The molecule has 0 radical (unpaired) electrons. The van der Waals surface area contributed by atoms with Crippen molar-refractivity contribution < 1.29 is 4.74 Å². The van der Waals surface area contributed by atoms with Gasteiger partial charge in [0.2, 0.25) is 0 Å². The number of ether oxygens (including phenoxy) is 1. The first-order valence-corrected chi connectivity index (χ1v) is 7.40. The second kappa shape index (κ2) is 5.45. The summed E-state index contributed by atoms with van der Waals surface area (Å²) < 4.78 is 5.22. The summed E-state index contributed by atoms with van der Waals surface area (Å²) in [7, 11) is 1.71. The number of anilines is 1. The third-order valence-corrected chi connectivity index (χ3v) is 4.52. The molecule has 3 rings (SSSR count). The van der Waals surface area contributed by atoms with Gasteiger partial charge in [-0.3, -0.25) is 0 Å². The van der Waals surface area contributed by atoms with Crippen LogP contribution in [0.4, 0.5) is 5.82 Å². The fourth-order valence-corrected chi connectivity index (χ4v) is 3.74. The summed E-state index contributed by atoms with van der Waals surface area (Å²) in [4.78, 5) is 9.46. The Hall–Kier alpha value is -1.16. The molecule has 19 heavy (non-hydrogen) atoms. The normalized spacial score (nSPS) is 28.8. The van der Waals surface area contributed by atoms with Crippen LogP contribution in [0.5, 0.6) is 0 Å². The van der Waals surface area contributed by atoms with E-state index in [1.165, 1.54) is 25.7 Å². The van der Waals surface area contributed by atoms with E-state index in [4.69, 9.17) is 14.7 Å². The van der Waals surface area contributed by atoms with Crippen LogP contribution < -0.4 is 5.32 Å². The highest BCUT2D eigenvalue weighted by molar-refractivity contribution is 5.36. The Morgan fingerprint density at radius 1 is 1.32 bits per heavy atom. The number of rotatable bonds is 5. The quantitative estimate of drug-likeness (QED) is 0.885. The van der Waals surface area contributed by atoms with Crippen LogP contribution >= 0.6 is 0 Å². The molecule has 2 aliphatic rings. The van der Waals surface area contributed by atoms with Crippen LogP contribution in [0, 0.1) is 11.8 Å². The molecule has 1 heterocycles. The zero-order valence-electron chi connectivity index (χ0n) is 11.9. The van der Waals surface area contributed by atoms with Gasteiger partial charge in [-0.05, 0) is 38.0 Å². The highest BCUT2D eigenvalue weighted by atomic mass is 16.5. The molecule has 2 bridgehead atoms. The molecule has 2 aliphatic carbocycles. The number of hydrogen-bond acceptors (Lipinski definition) is 4. The molecule has 1 N–H and O–H groups in total. The number of methoxy groups -OCH3 is 1. The molecule has 4 nitrogen and oxygen atoms in total. The number of aromatic nitrogens is 2. The smallest absolute Gasteiger partial charge is 0.134 e. The van der Waals surface area contributed by atoms with Crippen molar-refractivity contribution in [3.63, 3.8) is 0 Å². The van der Waals surface area contributed by atoms with Crippen LogP contribution in [0.25, 0.3) is 0 Å². The highest BCUT2D eigenvalue weighted by Crippen LogP contribution is 2.52. The lowest BCUT2D eigenvalue weighted by Gasteiger charge is -2.21. The van der Waals surface area contributed by atoms with Crippen LogP contribution in [0.3, 0.4) is 0 Å². The molecule has 3 unspecified atom stereocenters. The predicted octanol–water partition coefficient (Wildman–Crippen LogP) is 2.96. The molecule has 1 aromatic rings. The lowest BCUT2D eigenvalue weighted by atomic mass is 9.88. The Labute approximate surface area is 115 Å². The fourth-order valence-electron chi connectivity index (χ4n) is 3.74. The average Bonchev–Trinajstić information content (AvgIpc) is 3.01. The topological polar surface area (TPSA) is 47.0 Å². The maximum Gasteiger partial charge on any atom is 0.134 e. The van der Waals surface area contributed by atoms with Crippen LogP contribution in [0.2, 0.25) is 0 Å². The molecule has 0 aliphatic heterocycles. The van der Waals surface area contributed by atoms with Crippen LogP contribution in [-0.2, 0) is 11.3 Å². The van der Waals surface area contributed by atoms with Gasteiger partial charge in [-0.15, -0.1) is 0 Å². The van der Waals surface area contributed by atoms with Crippen molar-refractivity contribution in [1.82, 2.24) is 9.97 Å². The van der Waals surface area contributed by atoms with E-state index < -0.39 is 0 Å². The van der Waals surface area contributed by atoms with Gasteiger partial charge in [0.1, 0.15) is 11.6 Å². The zero-order chi connectivity index (χ0) is 13.2. The molecule has 1 aromatic heterocycles. The monoisotopic (exact) mass is 261 g/mol. The molecule has 2 fully saturated rings. The van der Waals surface area contributed by atoms with Gasteiger partial charge in [-0.2, -0.15) is 0 Å². The molecule has 0 amide bonds. The Balaban J connectivity index is 1.86. The molecule has 0 spiro atoms. The van der Waals surface area contributed by atoms with Crippen molar-refractivity contribution in [2.45, 2.75) is 45.1 Å². The van der Waals surface area contributed by atoms with Crippen molar-refractivity contribution in [2.24, 2.45) is 11.8 Å². The number of fused-ring (bicyclic) bond motifs is 2.